The highest BCUT2D eigenvalue weighted by Crippen LogP contribution is 2.15. The molecule has 2 rings (SSSR count). The molecule has 1 atom stereocenters. The average Bonchev–Trinajstić information content (AvgIpc) is 2.54. The van der Waals surface area contributed by atoms with E-state index >= 15 is 0 Å². The van der Waals surface area contributed by atoms with Gasteiger partial charge in [-0.25, -0.2) is 9.78 Å². The van der Waals surface area contributed by atoms with E-state index in [1.165, 1.54) is 6.20 Å². The highest BCUT2D eigenvalue weighted by Gasteiger charge is 2.09. The molecule has 0 aliphatic heterocycles. The molecule has 7 heteroatoms. The molecule has 1 aromatic heterocycles. The molecule has 124 valence electrons. The van der Waals surface area contributed by atoms with Crippen LogP contribution in [0, 0.1) is 0 Å². The molecule has 1 unspecified atom stereocenters. The lowest BCUT2D eigenvalue weighted by molar-refractivity contribution is -0.138. The second-order valence-electron chi connectivity index (χ2n) is 4.92. The average molecular weight is 319 g/mol. The van der Waals surface area contributed by atoms with Crippen LogP contribution >= 0.6 is 0 Å². The first-order valence-corrected chi connectivity index (χ1v) is 7.23. The van der Waals surface area contributed by atoms with Crippen molar-refractivity contribution in [2.24, 2.45) is 11.5 Å². The smallest absolute Gasteiger partial charge is 0.355 e. The third-order valence-corrected chi connectivity index (χ3v) is 3.16. The van der Waals surface area contributed by atoms with Crippen molar-refractivity contribution >= 4 is 22.7 Å². The minimum atomic E-state index is -0.989. The standard InChI is InChI=1S/C10H7NO2.C6H14N2O2/c12-10(13)9-8-4-2-1-3-7(8)5-6-11-9;7-4-2-1-3-5(8)6(9)10/h1-6H,(H,12,13);5H,1-4,7-8H2,(H,9,10). The molecule has 0 saturated carbocycles. The Kier molecular flexibility index (Phi) is 7.65. The fraction of sp³-hybridized carbons (Fsp3) is 0.312. The number of pyridine rings is 1. The van der Waals surface area contributed by atoms with Crippen LogP contribution in [0.15, 0.2) is 36.5 Å². The molecule has 6 N–H and O–H groups in total. The Bertz CT molecular complexity index is 655. The van der Waals surface area contributed by atoms with Crippen molar-refractivity contribution < 1.29 is 19.8 Å². The van der Waals surface area contributed by atoms with Crippen LogP contribution < -0.4 is 11.5 Å². The maximum absolute atomic E-state index is 10.8. The number of aromatic nitrogens is 1. The van der Waals surface area contributed by atoms with Gasteiger partial charge in [0.1, 0.15) is 6.04 Å². The molecule has 0 fully saturated rings. The summed E-state index contributed by atoms with van der Waals surface area (Å²) in [6.07, 6.45) is 3.67. The summed E-state index contributed by atoms with van der Waals surface area (Å²) in [5, 5.41) is 18.7. The van der Waals surface area contributed by atoms with Crippen LogP contribution in [0.4, 0.5) is 0 Å². The van der Waals surface area contributed by atoms with E-state index in [1.54, 1.807) is 18.2 Å². The van der Waals surface area contributed by atoms with Crippen molar-refractivity contribution in [3.8, 4) is 0 Å². The van der Waals surface area contributed by atoms with Crippen LogP contribution in [0.1, 0.15) is 29.8 Å². The lowest BCUT2D eigenvalue weighted by atomic mass is 10.1. The predicted molar refractivity (Wildman–Crippen MR) is 87.2 cm³/mol. The van der Waals surface area contributed by atoms with Crippen LogP contribution in [0.25, 0.3) is 10.8 Å². The molecule has 0 saturated heterocycles. The number of aliphatic carboxylic acids is 1. The molecule has 0 bridgehead atoms. The Morgan fingerprint density at radius 1 is 1.13 bits per heavy atom. The summed E-state index contributed by atoms with van der Waals surface area (Å²) in [7, 11) is 0. The Hall–Kier alpha value is -2.51. The van der Waals surface area contributed by atoms with Gasteiger partial charge in [-0.05, 0) is 30.8 Å². The van der Waals surface area contributed by atoms with Gasteiger partial charge in [0, 0.05) is 11.6 Å². The zero-order valence-electron chi connectivity index (χ0n) is 12.7. The monoisotopic (exact) mass is 319 g/mol. The molecule has 0 amide bonds. The molecule has 1 heterocycles. The van der Waals surface area contributed by atoms with Gasteiger partial charge in [0.05, 0.1) is 0 Å². The first kappa shape index (κ1) is 18.5. The van der Waals surface area contributed by atoms with Crippen LogP contribution in [-0.2, 0) is 4.79 Å². The van der Waals surface area contributed by atoms with E-state index in [2.05, 4.69) is 4.98 Å². The maximum Gasteiger partial charge on any atom is 0.355 e. The number of nitrogens with zero attached hydrogens (tertiary/aromatic N) is 1. The summed E-state index contributed by atoms with van der Waals surface area (Å²) in [6.45, 7) is 0.604. The molecule has 1 aromatic carbocycles. The summed E-state index contributed by atoms with van der Waals surface area (Å²) in [4.78, 5) is 24.7. The van der Waals surface area contributed by atoms with Crippen molar-refractivity contribution in [2.75, 3.05) is 6.54 Å². The van der Waals surface area contributed by atoms with Gasteiger partial charge in [-0.3, -0.25) is 4.79 Å². The third kappa shape index (κ3) is 6.01. The molecule has 2 aromatic rings. The van der Waals surface area contributed by atoms with E-state index in [0.29, 0.717) is 18.4 Å². The summed E-state index contributed by atoms with van der Waals surface area (Å²) >= 11 is 0. The molecule has 0 aliphatic carbocycles. The van der Waals surface area contributed by atoms with Crippen LogP contribution in [0.2, 0.25) is 0 Å². The summed E-state index contributed by atoms with van der Waals surface area (Å²) in [6, 6.07) is 8.37. The van der Waals surface area contributed by atoms with E-state index < -0.39 is 18.0 Å². The lowest BCUT2D eigenvalue weighted by Gasteiger charge is -2.03. The van der Waals surface area contributed by atoms with Crippen molar-refractivity contribution in [2.45, 2.75) is 25.3 Å². The highest BCUT2D eigenvalue weighted by atomic mass is 16.4. The first-order chi connectivity index (χ1) is 11.0. The van der Waals surface area contributed by atoms with Crippen LogP contribution in [0.5, 0.6) is 0 Å². The summed E-state index contributed by atoms with van der Waals surface area (Å²) in [5.41, 5.74) is 10.5. The third-order valence-electron chi connectivity index (χ3n) is 3.16. The van der Waals surface area contributed by atoms with E-state index in [4.69, 9.17) is 21.7 Å². The van der Waals surface area contributed by atoms with Gasteiger partial charge in [0.15, 0.2) is 5.69 Å². The molecule has 7 nitrogen and oxygen atoms in total. The number of hydrogen-bond acceptors (Lipinski definition) is 5. The minimum Gasteiger partial charge on any atom is -0.480 e. The number of nitrogens with two attached hydrogens (primary N) is 2. The first-order valence-electron chi connectivity index (χ1n) is 7.23. The zero-order chi connectivity index (χ0) is 17.2. The fourth-order valence-corrected chi connectivity index (χ4v) is 1.92. The van der Waals surface area contributed by atoms with Crippen molar-refractivity contribution in [1.29, 1.82) is 0 Å². The number of aromatic carboxylic acids is 1. The molecule has 0 radical (unpaired) electrons. The van der Waals surface area contributed by atoms with Crippen LogP contribution in [0.3, 0.4) is 0 Å². The summed E-state index contributed by atoms with van der Waals surface area (Å²) in [5.74, 6) is -1.92. The van der Waals surface area contributed by atoms with E-state index in [9.17, 15) is 9.59 Å². The SMILES string of the molecule is NCCCCC(N)C(=O)O.O=C(O)c1nccc2ccccc12. The number of fused-ring (bicyclic) bond motifs is 1. The van der Waals surface area contributed by atoms with Gasteiger partial charge in [0.2, 0.25) is 0 Å². The second-order valence-corrected chi connectivity index (χ2v) is 4.92. The van der Waals surface area contributed by atoms with Crippen molar-refractivity contribution in [1.82, 2.24) is 4.98 Å². The Morgan fingerprint density at radius 3 is 2.43 bits per heavy atom. The van der Waals surface area contributed by atoms with E-state index in [-0.39, 0.29) is 5.69 Å². The topological polar surface area (TPSA) is 140 Å². The van der Waals surface area contributed by atoms with Crippen molar-refractivity contribution in [3.05, 3.63) is 42.2 Å². The zero-order valence-corrected chi connectivity index (χ0v) is 12.7. The highest BCUT2D eigenvalue weighted by molar-refractivity contribution is 6.01. The van der Waals surface area contributed by atoms with Crippen LogP contribution in [-0.4, -0.2) is 39.7 Å². The number of hydrogen-bond donors (Lipinski definition) is 4. The Labute approximate surface area is 133 Å². The second kappa shape index (κ2) is 9.50. The predicted octanol–water partition coefficient (Wildman–Crippen LogP) is 1.46. The van der Waals surface area contributed by atoms with Crippen molar-refractivity contribution in [3.63, 3.8) is 0 Å². The normalized spacial score (nSPS) is 11.4. The molecule has 23 heavy (non-hydrogen) atoms. The van der Waals surface area contributed by atoms with Gasteiger partial charge in [-0.1, -0.05) is 30.7 Å². The molecular weight excluding hydrogens is 298 g/mol. The summed E-state index contributed by atoms with van der Waals surface area (Å²) < 4.78 is 0. The number of carboxylic acids is 2. The Balaban J connectivity index is 0.000000241. The molecule has 0 aliphatic rings. The number of rotatable bonds is 6. The number of carboxylic acid groups (broad SMARTS) is 2. The van der Waals surface area contributed by atoms with Gasteiger partial charge in [-0.15, -0.1) is 0 Å². The van der Waals surface area contributed by atoms with E-state index in [1.807, 2.05) is 12.1 Å². The lowest BCUT2D eigenvalue weighted by Crippen LogP contribution is -2.29. The van der Waals surface area contributed by atoms with Gasteiger partial charge in [0.25, 0.3) is 0 Å². The number of benzene rings is 1. The maximum atomic E-state index is 10.8. The molecule has 0 spiro atoms. The van der Waals surface area contributed by atoms with Gasteiger partial charge >= 0.3 is 11.9 Å². The number of carbonyl (C=O) groups is 2. The number of unbranched alkanes of at least 4 members (excludes halogenated alkanes) is 1. The Morgan fingerprint density at radius 2 is 1.83 bits per heavy atom. The van der Waals surface area contributed by atoms with Gasteiger partial charge in [-0.2, -0.15) is 0 Å². The largest absolute Gasteiger partial charge is 0.480 e. The fourth-order valence-electron chi connectivity index (χ4n) is 1.92. The van der Waals surface area contributed by atoms with Gasteiger partial charge < -0.3 is 21.7 Å². The quantitative estimate of drug-likeness (QED) is 0.591. The molecular formula is C16H21N3O4. The minimum absolute atomic E-state index is 0.109. The van der Waals surface area contributed by atoms with E-state index in [0.717, 1.165) is 18.2 Å².